The predicted molar refractivity (Wildman–Crippen MR) is 62.9 cm³/mol. The van der Waals surface area contributed by atoms with Crippen LogP contribution in [0.15, 0.2) is 6.20 Å². The summed E-state index contributed by atoms with van der Waals surface area (Å²) in [6.07, 6.45) is 6.55. The Balaban J connectivity index is 2.21. The van der Waals surface area contributed by atoms with Gasteiger partial charge in [-0.2, -0.15) is 5.10 Å². The highest BCUT2D eigenvalue weighted by Crippen LogP contribution is 2.29. The molecule has 6 heteroatoms. The predicted octanol–water partition coefficient (Wildman–Crippen LogP) is 2.38. The molecule has 0 aliphatic heterocycles. The molecule has 0 radical (unpaired) electrons. The summed E-state index contributed by atoms with van der Waals surface area (Å²) in [5, 5.41) is 4.37. The first-order valence-corrected chi connectivity index (χ1v) is 7.90. The van der Waals surface area contributed by atoms with Gasteiger partial charge in [0.2, 0.25) is 9.05 Å². The summed E-state index contributed by atoms with van der Waals surface area (Å²) in [7, 11) is 1.75. The lowest BCUT2D eigenvalue weighted by atomic mass is 10.2. The zero-order valence-electron chi connectivity index (χ0n) is 9.19. The van der Waals surface area contributed by atoms with Crippen LogP contribution in [-0.4, -0.2) is 18.2 Å². The SMILES string of the molecule is Cc1nn(C2CCCC2)cc1CS(=O)(=O)Cl. The van der Waals surface area contributed by atoms with Crippen LogP contribution in [0.5, 0.6) is 0 Å². The largest absolute Gasteiger partial charge is 0.269 e. The molecule has 0 saturated heterocycles. The minimum atomic E-state index is -3.49. The molecule has 1 aliphatic rings. The standard InChI is InChI=1S/C10H15ClN2O2S/c1-8-9(7-16(11,14)15)6-13(12-8)10-4-2-3-5-10/h6,10H,2-5,7H2,1H3. The average Bonchev–Trinajstić information content (AvgIpc) is 2.73. The van der Waals surface area contributed by atoms with Crippen molar-refractivity contribution >= 4 is 19.7 Å². The number of aromatic nitrogens is 2. The number of hydrogen-bond acceptors (Lipinski definition) is 3. The zero-order chi connectivity index (χ0) is 11.8. The Morgan fingerprint density at radius 2 is 2.12 bits per heavy atom. The first-order valence-electron chi connectivity index (χ1n) is 5.43. The summed E-state index contributed by atoms with van der Waals surface area (Å²) in [5.74, 6) is -0.132. The van der Waals surface area contributed by atoms with Crippen molar-refractivity contribution in [1.82, 2.24) is 9.78 Å². The third kappa shape index (κ3) is 2.77. The molecule has 0 unspecified atom stereocenters. The van der Waals surface area contributed by atoms with Gasteiger partial charge in [-0.1, -0.05) is 12.8 Å². The summed E-state index contributed by atoms with van der Waals surface area (Å²) in [5.41, 5.74) is 1.47. The lowest BCUT2D eigenvalue weighted by Gasteiger charge is -2.08. The summed E-state index contributed by atoms with van der Waals surface area (Å²) in [6.45, 7) is 1.82. The Hall–Kier alpha value is -0.550. The van der Waals surface area contributed by atoms with Crippen molar-refractivity contribution in [3.8, 4) is 0 Å². The molecule has 0 bridgehead atoms. The van der Waals surface area contributed by atoms with Crippen molar-refractivity contribution in [3.63, 3.8) is 0 Å². The molecular formula is C10H15ClN2O2S. The first kappa shape index (κ1) is 11.9. The van der Waals surface area contributed by atoms with E-state index >= 15 is 0 Å². The minimum absolute atomic E-state index is 0.132. The molecule has 1 saturated carbocycles. The molecule has 1 aromatic rings. The normalized spacial score (nSPS) is 18.1. The van der Waals surface area contributed by atoms with Gasteiger partial charge in [0.1, 0.15) is 0 Å². The molecule has 16 heavy (non-hydrogen) atoms. The van der Waals surface area contributed by atoms with Crippen LogP contribution in [0.1, 0.15) is 43.0 Å². The molecule has 1 heterocycles. The number of rotatable bonds is 3. The monoisotopic (exact) mass is 262 g/mol. The number of aryl methyl sites for hydroxylation is 1. The van der Waals surface area contributed by atoms with Crippen LogP contribution < -0.4 is 0 Å². The van der Waals surface area contributed by atoms with E-state index in [4.69, 9.17) is 10.7 Å². The number of nitrogens with zero attached hydrogens (tertiary/aromatic N) is 2. The Labute approximate surface area is 100 Å². The quantitative estimate of drug-likeness (QED) is 0.786. The molecule has 2 rings (SSSR count). The van der Waals surface area contributed by atoms with Gasteiger partial charge in [0, 0.05) is 22.4 Å². The van der Waals surface area contributed by atoms with E-state index in [2.05, 4.69) is 5.10 Å². The van der Waals surface area contributed by atoms with Crippen LogP contribution in [0.25, 0.3) is 0 Å². The molecule has 4 nitrogen and oxygen atoms in total. The Morgan fingerprint density at radius 3 is 2.69 bits per heavy atom. The second-order valence-corrected chi connectivity index (χ2v) is 7.12. The Morgan fingerprint density at radius 1 is 1.50 bits per heavy atom. The summed E-state index contributed by atoms with van der Waals surface area (Å²) in [6, 6.07) is 0.436. The summed E-state index contributed by atoms with van der Waals surface area (Å²) in [4.78, 5) is 0. The Bertz CT molecular complexity index is 475. The van der Waals surface area contributed by atoms with Gasteiger partial charge in [-0.05, 0) is 19.8 Å². The van der Waals surface area contributed by atoms with Gasteiger partial charge in [0.25, 0.3) is 0 Å². The van der Waals surface area contributed by atoms with E-state index in [1.54, 1.807) is 0 Å². The molecular weight excluding hydrogens is 248 g/mol. The van der Waals surface area contributed by atoms with E-state index < -0.39 is 9.05 Å². The second kappa shape index (κ2) is 4.37. The molecule has 1 fully saturated rings. The molecule has 0 spiro atoms. The van der Waals surface area contributed by atoms with E-state index in [9.17, 15) is 8.42 Å². The maximum Gasteiger partial charge on any atom is 0.236 e. The highest BCUT2D eigenvalue weighted by Gasteiger charge is 2.20. The maximum atomic E-state index is 11.0. The van der Waals surface area contributed by atoms with Crippen LogP contribution in [0.2, 0.25) is 0 Å². The summed E-state index contributed by atoms with van der Waals surface area (Å²) >= 11 is 0. The van der Waals surface area contributed by atoms with Gasteiger partial charge in [-0.25, -0.2) is 8.42 Å². The molecule has 1 aliphatic carbocycles. The molecule has 0 aromatic carbocycles. The minimum Gasteiger partial charge on any atom is -0.269 e. The van der Waals surface area contributed by atoms with Crippen LogP contribution in [0.4, 0.5) is 0 Å². The van der Waals surface area contributed by atoms with Gasteiger partial charge in [-0.15, -0.1) is 0 Å². The molecule has 90 valence electrons. The van der Waals surface area contributed by atoms with Crippen molar-refractivity contribution in [2.45, 2.75) is 44.4 Å². The van der Waals surface area contributed by atoms with Crippen LogP contribution in [0.3, 0.4) is 0 Å². The van der Waals surface area contributed by atoms with E-state index in [1.807, 2.05) is 17.8 Å². The van der Waals surface area contributed by atoms with Crippen molar-refractivity contribution in [1.29, 1.82) is 0 Å². The van der Waals surface area contributed by atoms with Crippen LogP contribution in [0, 0.1) is 6.92 Å². The van der Waals surface area contributed by atoms with E-state index in [-0.39, 0.29) is 5.75 Å². The van der Waals surface area contributed by atoms with Gasteiger partial charge in [0.05, 0.1) is 17.5 Å². The van der Waals surface area contributed by atoms with Crippen LogP contribution >= 0.6 is 10.7 Å². The maximum absolute atomic E-state index is 11.0. The van der Waals surface area contributed by atoms with E-state index in [0.717, 1.165) is 18.5 Å². The highest BCUT2D eigenvalue weighted by atomic mass is 35.7. The van der Waals surface area contributed by atoms with E-state index in [1.165, 1.54) is 12.8 Å². The number of hydrogen-bond donors (Lipinski definition) is 0. The average molecular weight is 263 g/mol. The van der Waals surface area contributed by atoms with Gasteiger partial charge < -0.3 is 0 Å². The Kier molecular flexibility index (Phi) is 3.26. The number of halogens is 1. The fraction of sp³-hybridized carbons (Fsp3) is 0.700. The smallest absolute Gasteiger partial charge is 0.236 e. The molecule has 0 N–H and O–H groups in total. The van der Waals surface area contributed by atoms with Crippen molar-refractivity contribution < 1.29 is 8.42 Å². The molecule has 1 aromatic heterocycles. The van der Waals surface area contributed by atoms with Gasteiger partial charge >= 0.3 is 0 Å². The van der Waals surface area contributed by atoms with Crippen molar-refractivity contribution in [2.24, 2.45) is 0 Å². The lowest BCUT2D eigenvalue weighted by Crippen LogP contribution is -2.04. The zero-order valence-corrected chi connectivity index (χ0v) is 10.8. The summed E-state index contributed by atoms with van der Waals surface area (Å²) < 4.78 is 23.9. The molecule has 0 atom stereocenters. The van der Waals surface area contributed by atoms with Crippen LogP contribution in [-0.2, 0) is 14.8 Å². The third-order valence-corrected chi connectivity index (χ3v) is 4.03. The van der Waals surface area contributed by atoms with Gasteiger partial charge in [-0.3, -0.25) is 4.68 Å². The van der Waals surface area contributed by atoms with Gasteiger partial charge in [0.15, 0.2) is 0 Å². The highest BCUT2D eigenvalue weighted by molar-refractivity contribution is 8.13. The van der Waals surface area contributed by atoms with Crippen molar-refractivity contribution in [2.75, 3.05) is 0 Å². The van der Waals surface area contributed by atoms with Crippen molar-refractivity contribution in [3.05, 3.63) is 17.5 Å². The molecule has 0 amide bonds. The lowest BCUT2D eigenvalue weighted by molar-refractivity contribution is 0.464. The fourth-order valence-corrected chi connectivity index (χ4v) is 3.21. The fourth-order valence-electron chi connectivity index (χ4n) is 2.20. The first-order chi connectivity index (χ1) is 7.46. The second-order valence-electron chi connectivity index (χ2n) is 4.34. The third-order valence-electron chi connectivity index (χ3n) is 3.05. The topological polar surface area (TPSA) is 52.0 Å². The van der Waals surface area contributed by atoms with E-state index in [0.29, 0.717) is 11.6 Å².